The van der Waals surface area contributed by atoms with E-state index in [0.29, 0.717) is 36.3 Å². The number of nitrogens with zero attached hydrogens (tertiary/aromatic N) is 2. The average molecular weight is 507 g/mol. The predicted octanol–water partition coefficient (Wildman–Crippen LogP) is 4.19. The molecule has 7 nitrogen and oxygen atoms in total. The van der Waals surface area contributed by atoms with Gasteiger partial charge in [-0.15, -0.1) is 0 Å². The fourth-order valence-electron chi connectivity index (χ4n) is 4.88. The number of ether oxygens (including phenoxy) is 3. The molecule has 1 saturated heterocycles. The van der Waals surface area contributed by atoms with Crippen molar-refractivity contribution in [3.05, 3.63) is 47.0 Å². The zero-order chi connectivity index (χ0) is 23.7. The maximum absolute atomic E-state index is 13.1. The second-order valence-corrected chi connectivity index (χ2v) is 11.8. The molecule has 3 aliphatic rings. The number of halogens is 1. The quantitative estimate of drug-likeness (QED) is 0.535. The predicted molar refractivity (Wildman–Crippen MR) is 130 cm³/mol. The smallest absolute Gasteiger partial charge is 0.242 e. The third kappa shape index (κ3) is 5.00. The van der Waals surface area contributed by atoms with E-state index in [0.717, 1.165) is 43.8 Å². The molecule has 0 radical (unpaired) electrons. The van der Waals surface area contributed by atoms with E-state index in [1.165, 1.54) is 17.1 Å². The zero-order valence-corrected chi connectivity index (χ0v) is 21.0. The van der Waals surface area contributed by atoms with Gasteiger partial charge in [-0.05, 0) is 68.5 Å². The molecule has 5 rings (SSSR count). The third-order valence-electron chi connectivity index (χ3n) is 6.86. The molecular formula is C25H31ClN2O5S. The van der Waals surface area contributed by atoms with Crippen LogP contribution in [0.3, 0.4) is 0 Å². The van der Waals surface area contributed by atoms with Gasteiger partial charge in [-0.3, -0.25) is 4.90 Å². The van der Waals surface area contributed by atoms with Crippen molar-refractivity contribution in [2.45, 2.75) is 43.2 Å². The number of rotatable bonds is 8. The Bertz CT molecular complexity index is 1130. The van der Waals surface area contributed by atoms with Crippen LogP contribution in [0, 0.1) is 5.92 Å². The molecule has 0 aromatic heterocycles. The van der Waals surface area contributed by atoms with Crippen molar-refractivity contribution in [1.82, 2.24) is 9.21 Å². The topological polar surface area (TPSA) is 68.3 Å². The van der Waals surface area contributed by atoms with E-state index in [9.17, 15) is 8.42 Å². The second kappa shape index (κ2) is 9.93. The lowest BCUT2D eigenvalue weighted by atomic mass is 9.82. The fraction of sp³-hybridized carbons (Fsp3) is 0.520. The summed E-state index contributed by atoms with van der Waals surface area (Å²) in [4.78, 5) is 2.63. The van der Waals surface area contributed by atoms with E-state index < -0.39 is 10.0 Å². The van der Waals surface area contributed by atoms with Crippen molar-refractivity contribution in [3.8, 4) is 17.2 Å². The number of fused-ring (bicyclic) bond motifs is 1. The second-order valence-electron chi connectivity index (χ2n) is 9.38. The summed E-state index contributed by atoms with van der Waals surface area (Å²) in [5.74, 6) is 2.02. The highest BCUT2D eigenvalue weighted by molar-refractivity contribution is 7.89. The van der Waals surface area contributed by atoms with Crippen LogP contribution in [0.4, 0.5) is 0 Å². The Morgan fingerprint density at radius 2 is 1.82 bits per heavy atom. The van der Waals surface area contributed by atoms with E-state index >= 15 is 0 Å². The standard InChI is InChI=1S/C25H31ClN2O5S/c1-27(34(29,30)21-7-8-22-24(15-21)32-12-11-31-22)16-18-13-20(14-18)33-23-6-4-5-19(25(23)26)17-28-9-2-3-10-28/h4-8,15,18,20H,2-3,9-14,16-17H2,1H3. The van der Waals surface area contributed by atoms with Gasteiger partial charge in [-0.25, -0.2) is 12.7 Å². The van der Waals surface area contributed by atoms with Crippen molar-refractivity contribution in [1.29, 1.82) is 0 Å². The Kier molecular flexibility index (Phi) is 6.93. The molecule has 1 saturated carbocycles. The maximum atomic E-state index is 13.1. The maximum Gasteiger partial charge on any atom is 0.242 e. The summed E-state index contributed by atoms with van der Waals surface area (Å²) in [6.07, 6.45) is 4.14. The number of sulfonamides is 1. The minimum Gasteiger partial charge on any atom is -0.489 e. The normalized spacial score (nSPS) is 22.6. The van der Waals surface area contributed by atoms with E-state index in [1.54, 1.807) is 25.2 Å². The van der Waals surface area contributed by atoms with Crippen LogP contribution >= 0.6 is 11.6 Å². The van der Waals surface area contributed by atoms with Crippen molar-refractivity contribution >= 4 is 21.6 Å². The Labute approximate surface area is 206 Å². The van der Waals surface area contributed by atoms with E-state index in [4.69, 9.17) is 25.8 Å². The Balaban J connectivity index is 1.15. The van der Waals surface area contributed by atoms with Crippen LogP contribution in [-0.2, 0) is 16.6 Å². The van der Waals surface area contributed by atoms with Crippen LogP contribution in [0.25, 0.3) is 0 Å². The molecule has 2 aliphatic heterocycles. The summed E-state index contributed by atoms with van der Waals surface area (Å²) < 4.78 is 44.8. The van der Waals surface area contributed by atoms with Crippen molar-refractivity contribution in [2.75, 3.05) is 39.9 Å². The van der Waals surface area contributed by atoms with Crippen LogP contribution in [0.5, 0.6) is 17.2 Å². The van der Waals surface area contributed by atoms with Gasteiger partial charge in [0.25, 0.3) is 0 Å². The lowest BCUT2D eigenvalue weighted by Gasteiger charge is -2.37. The van der Waals surface area contributed by atoms with Gasteiger partial charge in [-0.2, -0.15) is 0 Å². The first-order valence-electron chi connectivity index (χ1n) is 11.9. The molecule has 0 N–H and O–H groups in total. The SMILES string of the molecule is CN(CC1CC(Oc2cccc(CN3CCCC3)c2Cl)C1)S(=O)(=O)c1ccc2c(c1)OCCO2. The van der Waals surface area contributed by atoms with Gasteiger partial charge in [0.15, 0.2) is 11.5 Å². The number of hydrogen-bond donors (Lipinski definition) is 0. The summed E-state index contributed by atoms with van der Waals surface area (Å²) in [5.41, 5.74) is 1.10. The van der Waals surface area contributed by atoms with Gasteiger partial charge < -0.3 is 14.2 Å². The van der Waals surface area contributed by atoms with Gasteiger partial charge in [-0.1, -0.05) is 23.7 Å². The molecule has 2 fully saturated rings. The monoisotopic (exact) mass is 506 g/mol. The van der Waals surface area contributed by atoms with Gasteiger partial charge >= 0.3 is 0 Å². The molecule has 2 aromatic carbocycles. The van der Waals surface area contributed by atoms with E-state index in [2.05, 4.69) is 11.0 Å². The summed E-state index contributed by atoms with van der Waals surface area (Å²) in [7, 11) is -1.99. The third-order valence-corrected chi connectivity index (χ3v) is 9.11. The molecule has 1 aliphatic carbocycles. The molecule has 34 heavy (non-hydrogen) atoms. The number of benzene rings is 2. The molecule has 0 atom stereocenters. The van der Waals surface area contributed by atoms with Crippen molar-refractivity contribution in [2.24, 2.45) is 5.92 Å². The molecular weight excluding hydrogens is 476 g/mol. The molecule has 0 bridgehead atoms. The lowest BCUT2D eigenvalue weighted by molar-refractivity contribution is 0.0575. The molecule has 2 heterocycles. The number of likely N-dealkylation sites (tertiary alicyclic amines) is 1. The minimum atomic E-state index is -3.61. The summed E-state index contributed by atoms with van der Waals surface area (Å²) in [5, 5.41) is 0.691. The zero-order valence-electron chi connectivity index (χ0n) is 19.4. The molecule has 9 heteroatoms. The Morgan fingerprint density at radius 1 is 1.09 bits per heavy atom. The van der Waals surface area contributed by atoms with Crippen LogP contribution in [0.1, 0.15) is 31.2 Å². The first kappa shape index (κ1) is 23.7. The molecule has 0 spiro atoms. The van der Waals surface area contributed by atoms with Crippen molar-refractivity contribution < 1.29 is 22.6 Å². The van der Waals surface area contributed by atoms with Crippen molar-refractivity contribution in [3.63, 3.8) is 0 Å². The van der Waals surface area contributed by atoms with Gasteiger partial charge in [0.2, 0.25) is 10.0 Å². The summed E-state index contributed by atoms with van der Waals surface area (Å²) >= 11 is 6.65. The first-order chi connectivity index (χ1) is 16.4. The van der Waals surface area contributed by atoms with Crippen LogP contribution in [0.2, 0.25) is 5.02 Å². The Hall–Kier alpha value is -2.00. The van der Waals surface area contributed by atoms with Crippen LogP contribution in [-0.4, -0.2) is 63.6 Å². The average Bonchev–Trinajstić information content (AvgIpc) is 3.32. The highest BCUT2D eigenvalue weighted by Gasteiger charge is 2.35. The van der Waals surface area contributed by atoms with Gasteiger partial charge in [0, 0.05) is 26.2 Å². The lowest BCUT2D eigenvalue weighted by Crippen LogP contribution is -2.42. The molecule has 2 aromatic rings. The first-order valence-corrected chi connectivity index (χ1v) is 13.7. The Morgan fingerprint density at radius 3 is 2.59 bits per heavy atom. The van der Waals surface area contributed by atoms with Crippen LogP contribution < -0.4 is 14.2 Å². The van der Waals surface area contributed by atoms with Crippen LogP contribution in [0.15, 0.2) is 41.3 Å². The fourth-order valence-corrected chi connectivity index (χ4v) is 6.37. The molecule has 184 valence electrons. The highest BCUT2D eigenvalue weighted by atomic mass is 35.5. The van der Waals surface area contributed by atoms with Gasteiger partial charge in [0.1, 0.15) is 19.0 Å². The van der Waals surface area contributed by atoms with Gasteiger partial charge in [0.05, 0.1) is 16.0 Å². The van der Waals surface area contributed by atoms with E-state index in [1.807, 2.05) is 12.1 Å². The number of hydrogen-bond acceptors (Lipinski definition) is 6. The highest BCUT2D eigenvalue weighted by Crippen LogP contribution is 2.38. The van der Waals surface area contributed by atoms with E-state index in [-0.39, 0.29) is 16.9 Å². The minimum absolute atomic E-state index is 0.0509. The molecule has 0 amide bonds. The molecule has 0 unspecified atom stereocenters. The summed E-state index contributed by atoms with van der Waals surface area (Å²) in [6.45, 7) is 4.42. The largest absolute Gasteiger partial charge is 0.489 e. The summed E-state index contributed by atoms with van der Waals surface area (Å²) in [6, 6.07) is 10.8.